The first kappa shape index (κ1) is 15.3. The molecule has 2 rings (SSSR count). The smallest absolute Gasteiger partial charge is 0.0257 e. The zero-order valence-corrected chi connectivity index (χ0v) is 13.7. The van der Waals surface area contributed by atoms with Gasteiger partial charge in [-0.1, -0.05) is 27.7 Å². The van der Waals surface area contributed by atoms with Crippen LogP contribution in [0.25, 0.3) is 0 Å². The summed E-state index contributed by atoms with van der Waals surface area (Å²) in [5, 5.41) is 3.76. The maximum absolute atomic E-state index is 3.76. The van der Waals surface area contributed by atoms with E-state index >= 15 is 0 Å². The fourth-order valence-corrected chi connectivity index (χ4v) is 4.32. The average molecular weight is 266 g/mol. The minimum absolute atomic E-state index is 0.527. The van der Waals surface area contributed by atoms with Crippen molar-refractivity contribution in [2.45, 2.75) is 84.8 Å². The Kier molecular flexibility index (Phi) is 4.94. The molecule has 1 saturated heterocycles. The minimum Gasteiger partial charge on any atom is -0.313 e. The molecule has 1 aliphatic carbocycles. The Morgan fingerprint density at radius 2 is 1.95 bits per heavy atom. The van der Waals surface area contributed by atoms with Crippen LogP contribution in [-0.4, -0.2) is 36.1 Å². The van der Waals surface area contributed by atoms with Gasteiger partial charge in [0.05, 0.1) is 0 Å². The first-order valence-electron chi connectivity index (χ1n) is 8.42. The van der Waals surface area contributed by atoms with Crippen LogP contribution in [0.1, 0.15) is 66.7 Å². The summed E-state index contributed by atoms with van der Waals surface area (Å²) in [4.78, 5) is 2.83. The highest BCUT2D eigenvalue weighted by Gasteiger charge is 2.40. The third kappa shape index (κ3) is 3.72. The van der Waals surface area contributed by atoms with Gasteiger partial charge < -0.3 is 5.32 Å². The summed E-state index contributed by atoms with van der Waals surface area (Å²) in [6, 6.07) is 2.24. The Morgan fingerprint density at radius 1 is 1.21 bits per heavy atom. The predicted molar refractivity (Wildman–Crippen MR) is 83.5 cm³/mol. The molecule has 112 valence electrons. The Labute approximate surface area is 120 Å². The van der Waals surface area contributed by atoms with E-state index < -0.39 is 0 Å². The molecule has 4 unspecified atom stereocenters. The standard InChI is InChI=1S/C17H34N2/c1-6-18-15-7-9-17(4,5)12-16(15)19-10-8-13(2)11-14(19)3/h13-16,18H,6-12H2,1-5H3. The Hall–Kier alpha value is -0.0800. The van der Waals surface area contributed by atoms with E-state index in [4.69, 9.17) is 0 Å². The Balaban J connectivity index is 2.08. The fourth-order valence-electron chi connectivity index (χ4n) is 4.32. The molecular weight excluding hydrogens is 232 g/mol. The van der Waals surface area contributed by atoms with Crippen LogP contribution in [0.15, 0.2) is 0 Å². The zero-order valence-electron chi connectivity index (χ0n) is 13.7. The van der Waals surface area contributed by atoms with Crippen molar-refractivity contribution in [1.29, 1.82) is 0 Å². The van der Waals surface area contributed by atoms with Gasteiger partial charge in [-0.25, -0.2) is 0 Å². The van der Waals surface area contributed by atoms with Crippen LogP contribution < -0.4 is 5.32 Å². The predicted octanol–water partition coefficient (Wildman–Crippen LogP) is 3.66. The summed E-state index contributed by atoms with van der Waals surface area (Å²) in [7, 11) is 0. The van der Waals surface area contributed by atoms with Crippen LogP contribution >= 0.6 is 0 Å². The van der Waals surface area contributed by atoms with Gasteiger partial charge in [0.1, 0.15) is 0 Å². The molecule has 2 nitrogen and oxygen atoms in total. The van der Waals surface area contributed by atoms with Crippen molar-refractivity contribution >= 4 is 0 Å². The summed E-state index contributed by atoms with van der Waals surface area (Å²) in [5.41, 5.74) is 0.527. The summed E-state index contributed by atoms with van der Waals surface area (Å²) in [5.74, 6) is 0.917. The molecule has 0 radical (unpaired) electrons. The molecule has 0 aromatic rings. The van der Waals surface area contributed by atoms with Gasteiger partial charge in [0.15, 0.2) is 0 Å². The van der Waals surface area contributed by atoms with Crippen LogP contribution in [0.2, 0.25) is 0 Å². The Morgan fingerprint density at radius 3 is 2.58 bits per heavy atom. The topological polar surface area (TPSA) is 15.3 Å². The average Bonchev–Trinajstić information content (AvgIpc) is 2.32. The zero-order chi connectivity index (χ0) is 14.0. The minimum atomic E-state index is 0.527. The van der Waals surface area contributed by atoms with Crippen molar-refractivity contribution in [3.05, 3.63) is 0 Å². The molecule has 2 aliphatic rings. The van der Waals surface area contributed by atoms with Gasteiger partial charge in [-0.15, -0.1) is 0 Å². The van der Waals surface area contributed by atoms with Crippen molar-refractivity contribution in [1.82, 2.24) is 10.2 Å². The summed E-state index contributed by atoms with van der Waals surface area (Å²) < 4.78 is 0. The molecule has 2 fully saturated rings. The highest BCUT2D eigenvalue weighted by atomic mass is 15.2. The van der Waals surface area contributed by atoms with E-state index in [0.717, 1.165) is 24.5 Å². The molecule has 4 atom stereocenters. The van der Waals surface area contributed by atoms with E-state index in [2.05, 4.69) is 44.8 Å². The van der Waals surface area contributed by atoms with Gasteiger partial charge in [-0.2, -0.15) is 0 Å². The van der Waals surface area contributed by atoms with Gasteiger partial charge in [0, 0.05) is 18.1 Å². The van der Waals surface area contributed by atoms with Gasteiger partial charge in [0.25, 0.3) is 0 Å². The maximum atomic E-state index is 3.76. The van der Waals surface area contributed by atoms with Crippen molar-refractivity contribution in [2.24, 2.45) is 11.3 Å². The SMILES string of the molecule is CCNC1CCC(C)(C)CC1N1CCC(C)CC1C. The van der Waals surface area contributed by atoms with E-state index in [-0.39, 0.29) is 0 Å². The van der Waals surface area contributed by atoms with Crippen molar-refractivity contribution in [3.8, 4) is 0 Å². The van der Waals surface area contributed by atoms with Crippen molar-refractivity contribution in [2.75, 3.05) is 13.1 Å². The maximum Gasteiger partial charge on any atom is 0.0257 e. The lowest BCUT2D eigenvalue weighted by Gasteiger charge is -2.50. The number of hydrogen-bond donors (Lipinski definition) is 1. The number of nitrogens with zero attached hydrogens (tertiary/aromatic N) is 1. The summed E-state index contributed by atoms with van der Waals surface area (Å²) in [6.07, 6.45) is 6.86. The van der Waals surface area contributed by atoms with E-state index in [1.54, 1.807) is 0 Å². The molecule has 19 heavy (non-hydrogen) atoms. The van der Waals surface area contributed by atoms with E-state index in [9.17, 15) is 0 Å². The van der Waals surface area contributed by atoms with Crippen LogP contribution in [-0.2, 0) is 0 Å². The largest absolute Gasteiger partial charge is 0.313 e. The second kappa shape index (κ2) is 6.13. The first-order chi connectivity index (χ1) is 8.93. The van der Waals surface area contributed by atoms with Crippen LogP contribution in [0.4, 0.5) is 0 Å². The van der Waals surface area contributed by atoms with Gasteiger partial charge in [-0.3, -0.25) is 4.90 Å². The lowest BCUT2D eigenvalue weighted by Crippen LogP contribution is -2.58. The molecule has 1 saturated carbocycles. The number of hydrogen-bond acceptors (Lipinski definition) is 2. The second-order valence-electron chi connectivity index (χ2n) is 7.85. The number of likely N-dealkylation sites (tertiary alicyclic amines) is 1. The van der Waals surface area contributed by atoms with E-state index in [1.165, 1.54) is 38.6 Å². The number of likely N-dealkylation sites (N-methyl/N-ethyl adjacent to an activating group) is 1. The third-order valence-corrected chi connectivity index (χ3v) is 5.44. The summed E-state index contributed by atoms with van der Waals surface area (Å²) >= 11 is 0. The van der Waals surface area contributed by atoms with Crippen molar-refractivity contribution in [3.63, 3.8) is 0 Å². The van der Waals surface area contributed by atoms with Crippen LogP contribution in [0.3, 0.4) is 0 Å². The molecular formula is C17H34N2. The van der Waals surface area contributed by atoms with E-state index in [0.29, 0.717) is 11.5 Å². The monoisotopic (exact) mass is 266 g/mol. The summed E-state index contributed by atoms with van der Waals surface area (Å²) in [6.45, 7) is 14.4. The quantitative estimate of drug-likeness (QED) is 0.838. The number of piperidine rings is 1. The molecule has 1 heterocycles. The molecule has 0 aromatic heterocycles. The lowest BCUT2D eigenvalue weighted by molar-refractivity contribution is 0.0126. The second-order valence-corrected chi connectivity index (χ2v) is 7.85. The van der Waals surface area contributed by atoms with E-state index in [1.807, 2.05) is 0 Å². The Bertz CT molecular complexity index is 287. The molecule has 1 N–H and O–H groups in total. The molecule has 0 amide bonds. The van der Waals surface area contributed by atoms with Crippen molar-refractivity contribution < 1.29 is 0 Å². The highest BCUT2D eigenvalue weighted by molar-refractivity contribution is 4.96. The molecule has 0 aromatic carbocycles. The molecule has 0 spiro atoms. The van der Waals surface area contributed by atoms with Crippen LogP contribution in [0.5, 0.6) is 0 Å². The van der Waals surface area contributed by atoms with Gasteiger partial charge in [0.2, 0.25) is 0 Å². The van der Waals surface area contributed by atoms with Crippen LogP contribution in [0, 0.1) is 11.3 Å². The number of rotatable bonds is 3. The first-order valence-corrected chi connectivity index (χ1v) is 8.42. The lowest BCUT2D eigenvalue weighted by atomic mass is 9.71. The molecule has 1 aliphatic heterocycles. The fraction of sp³-hybridized carbons (Fsp3) is 1.00. The van der Waals surface area contributed by atoms with Gasteiger partial charge in [-0.05, 0) is 63.5 Å². The normalized spacial score (nSPS) is 40.3. The molecule has 2 heteroatoms. The molecule has 0 bridgehead atoms. The number of nitrogens with one attached hydrogen (secondary N) is 1. The third-order valence-electron chi connectivity index (χ3n) is 5.44. The van der Waals surface area contributed by atoms with Gasteiger partial charge >= 0.3 is 0 Å². The highest BCUT2D eigenvalue weighted by Crippen LogP contribution is 2.39.